The second kappa shape index (κ2) is 9.35. The summed E-state index contributed by atoms with van der Waals surface area (Å²) in [4.78, 5) is 26.0. The van der Waals surface area contributed by atoms with E-state index in [0.29, 0.717) is 24.4 Å². The van der Waals surface area contributed by atoms with Gasteiger partial charge in [-0.05, 0) is 55.7 Å². The standard InChI is InChI=1S/C23H24N6O2S/c1-14-17(15(2)26-22-21(14)23(31-4)28-29(22)3)8-9-18(30)27-16-10-12-25-20(13-16)32-19-7-5-6-11-24-19/h5-7,10-13H,8-9H2,1-4H3,(H,25,27,30). The molecule has 4 aromatic heterocycles. The summed E-state index contributed by atoms with van der Waals surface area (Å²) >= 11 is 1.45. The van der Waals surface area contributed by atoms with Crippen molar-refractivity contribution in [2.75, 3.05) is 12.4 Å². The van der Waals surface area contributed by atoms with Crippen LogP contribution in [0.25, 0.3) is 11.0 Å². The monoisotopic (exact) mass is 448 g/mol. The van der Waals surface area contributed by atoms with E-state index in [1.165, 1.54) is 11.8 Å². The van der Waals surface area contributed by atoms with E-state index < -0.39 is 0 Å². The summed E-state index contributed by atoms with van der Waals surface area (Å²) in [5, 5.41) is 9.86. The third kappa shape index (κ3) is 4.57. The third-order valence-corrected chi connectivity index (χ3v) is 6.07. The van der Waals surface area contributed by atoms with Crippen molar-refractivity contribution in [2.24, 2.45) is 7.05 Å². The molecule has 164 valence electrons. The minimum Gasteiger partial charge on any atom is -0.479 e. The normalized spacial score (nSPS) is 11.0. The van der Waals surface area contributed by atoms with Gasteiger partial charge in [0.2, 0.25) is 11.8 Å². The van der Waals surface area contributed by atoms with Crippen LogP contribution < -0.4 is 10.1 Å². The van der Waals surface area contributed by atoms with Crippen LogP contribution in [-0.4, -0.2) is 37.7 Å². The number of methoxy groups -OCH3 is 1. The molecule has 0 radical (unpaired) electrons. The van der Waals surface area contributed by atoms with Crippen molar-refractivity contribution in [1.29, 1.82) is 0 Å². The van der Waals surface area contributed by atoms with Crippen molar-refractivity contribution >= 4 is 34.4 Å². The van der Waals surface area contributed by atoms with Crippen LogP contribution in [0.4, 0.5) is 5.69 Å². The van der Waals surface area contributed by atoms with Crippen LogP contribution in [0.15, 0.2) is 52.8 Å². The number of carbonyl (C=O) groups is 1. The van der Waals surface area contributed by atoms with Gasteiger partial charge in [-0.3, -0.25) is 4.79 Å². The fourth-order valence-corrected chi connectivity index (χ4v) is 4.40. The van der Waals surface area contributed by atoms with E-state index in [9.17, 15) is 4.79 Å². The minimum absolute atomic E-state index is 0.0676. The number of ether oxygens (including phenoxy) is 1. The fourth-order valence-electron chi connectivity index (χ4n) is 3.63. The molecular formula is C23H24N6O2S. The molecule has 4 aromatic rings. The molecule has 0 atom stereocenters. The SMILES string of the molecule is COc1nn(C)c2nc(C)c(CCC(=O)Nc3ccnc(Sc4ccccn4)c3)c(C)c12. The summed E-state index contributed by atoms with van der Waals surface area (Å²) in [6, 6.07) is 9.35. The molecule has 1 N–H and O–H groups in total. The summed E-state index contributed by atoms with van der Waals surface area (Å²) in [7, 11) is 3.45. The van der Waals surface area contributed by atoms with Crippen molar-refractivity contribution in [3.05, 3.63) is 59.5 Å². The molecule has 0 spiro atoms. The number of carbonyl (C=O) groups excluding carboxylic acids is 1. The molecule has 0 aliphatic carbocycles. The van der Waals surface area contributed by atoms with Crippen molar-refractivity contribution in [3.63, 3.8) is 0 Å². The largest absolute Gasteiger partial charge is 0.479 e. The van der Waals surface area contributed by atoms with E-state index in [2.05, 4.69) is 25.4 Å². The van der Waals surface area contributed by atoms with Gasteiger partial charge < -0.3 is 10.1 Å². The Labute approximate surface area is 190 Å². The molecule has 4 heterocycles. The summed E-state index contributed by atoms with van der Waals surface area (Å²) in [6.45, 7) is 3.99. The number of rotatable bonds is 7. The molecule has 8 nitrogen and oxygen atoms in total. The third-order valence-electron chi connectivity index (χ3n) is 5.18. The van der Waals surface area contributed by atoms with Gasteiger partial charge >= 0.3 is 0 Å². The lowest BCUT2D eigenvalue weighted by molar-refractivity contribution is -0.116. The maximum atomic E-state index is 12.7. The van der Waals surface area contributed by atoms with Crippen LogP contribution in [0.5, 0.6) is 5.88 Å². The highest BCUT2D eigenvalue weighted by Crippen LogP contribution is 2.30. The fraction of sp³-hybridized carbons (Fsp3) is 0.261. The highest BCUT2D eigenvalue weighted by Gasteiger charge is 2.18. The predicted octanol–water partition coefficient (Wildman–Crippen LogP) is 4.11. The first-order valence-electron chi connectivity index (χ1n) is 10.2. The quantitative estimate of drug-likeness (QED) is 0.455. The lowest BCUT2D eigenvalue weighted by Gasteiger charge is -2.11. The van der Waals surface area contributed by atoms with E-state index in [1.807, 2.05) is 45.2 Å². The van der Waals surface area contributed by atoms with Gasteiger partial charge in [0, 0.05) is 37.2 Å². The zero-order chi connectivity index (χ0) is 22.7. The number of nitrogens with zero attached hydrogens (tertiary/aromatic N) is 5. The van der Waals surface area contributed by atoms with Crippen LogP contribution in [0.2, 0.25) is 0 Å². The molecule has 4 rings (SSSR count). The Morgan fingerprint density at radius 1 is 1.16 bits per heavy atom. The zero-order valence-corrected chi connectivity index (χ0v) is 19.2. The molecular weight excluding hydrogens is 424 g/mol. The highest BCUT2D eigenvalue weighted by atomic mass is 32.2. The summed E-state index contributed by atoms with van der Waals surface area (Å²) in [6.07, 6.45) is 4.33. The van der Waals surface area contributed by atoms with Gasteiger partial charge in [0.25, 0.3) is 0 Å². The number of pyridine rings is 3. The molecule has 0 saturated heterocycles. The van der Waals surface area contributed by atoms with E-state index in [4.69, 9.17) is 4.74 Å². The van der Waals surface area contributed by atoms with Gasteiger partial charge in [-0.25, -0.2) is 19.6 Å². The zero-order valence-electron chi connectivity index (χ0n) is 18.4. The Hall–Kier alpha value is -3.46. The first kappa shape index (κ1) is 21.8. The molecule has 9 heteroatoms. The van der Waals surface area contributed by atoms with Crippen LogP contribution in [-0.2, 0) is 18.3 Å². The van der Waals surface area contributed by atoms with E-state index in [-0.39, 0.29) is 5.91 Å². The number of hydrogen-bond donors (Lipinski definition) is 1. The summed E-state index contributed by atoms with van der Waals surface area (Å²) < 4.78 is 7.14. The second-order valence-corrected chi connectivity index (χ2v) is 8.37. The number of anilines is 1. The van der Waals surface area contributed by atoms with Crippen LogP contribution in [0.3, 0.4) is 0 Å². The molecule has 0 saturated carbocycles. The molecule has 0 fully saturated rings. The Morgan fingerprint density at radius 3 is 2.72 bits per heavy atom. The summed E-state index contributed by atoms with van der Waals surface area (Å²) in [5.74, 6) is 0.481. The average molecular weight is 449 g/mol. The first-order chi connectivity index (χ1) is 15.5. The smallest absolute Gasteiger partial charge is 0.242 e. The Bertz CT molecular complexity index is 1270. The number of hydrogen-bond acceptors (Lipinski definition) is 7. The predicted molar refractivity (Wildman–Crippen MR) is 124 cm³/mol. The van der Waals surface area contributed by atoms with E-state index in [1.54, 1.807) is 30.3 Å². The number of aromatic nitrogens is 5. The molecule has 1 amide bonds. The maximum absolute atomic E-state index is 12.7. The number of aryl methyl sites for hydroxylation is 3. The van der Waals surface area contributed by atoms with Gasteiger partial charge in [-0.1, -0.05) is 17.8 Å². The van der Waals surface area contributed by atoms with Crippen LogP contribution in [0.1, 0.15) is 23.2 Å². The second-order valence-electron chi connectivity index (χ2n) is 7.33. The Balaban J connectivity index is 1.45. The van der Waals surface area contributed by atoms with Crippen molar-refractivity contribution in [1.82, 2.24) is 24.7 Å². The lowest BCUT2D eigenvalue weighted by Crippen LogP contribution is -2.13. The average Bonchev–Trinajstić information content (AvgIpc) is 3.10. The lowest BCUT2D eigenvalue weighted by atomic mass is 10.00. The minimum atomic E-state index is -0.0676. The Morgan fingerprint density at radius 2 is 1.97 bits per heavy atom. The maximum Gasteiger partial charge on any atom is 0.242 e. The van der Waals surface area contributed by atoms with Gasteiger partial charge in [0.15, 0.2) is 5.65 Å². The first-order valence-corrected chi connectivity index (χ1v) is 11.0. The molecule has 0 aliphatic heterocycles. The molecule has 0 aliphatic rings. The van der Waals surface area contributed by atoms with Crippen molar-refractivity contribution < 1.29 is 9.53 Å². The van der Waals surface area contributed by atoms with Crippen LogP contribution >= 0.6 is 11.8 Å². The molecule has 0 bridgehead atoms. The number of fused-ring (bicyclic) bond motifs is 1. The topological polar surface area (TPSA) is 94.8 Å². The van der Waals surface area contributed by atoms with Gasteiger partial charge in [-0.2, -0.15) is 0 Å². The van der Waals surface area contributed by atoms with E-state index in [0.717, 1.165) is 37.9 Å². The summed E-state index contributed by atoms with van der Waals surface area (Å²) in [5.41, 5.74) is 4.47. The molecule has 32 heavy (non-hydrogen) atoms. The molecule has 0 aromatic carbocycles. The van der Waals surface area contributed by atoms with Gasteiger partial charge in [0.05, 0.1) is 12.5 Å². The number of amides is 1. The van der Waals surface area contributed by atoms with Gasteiger partial charge in [0.1, 0.15) is 10.1 Å². The van der Waals surface area contributed by atoms with Crippen LogP contribution in [0, 0.1) is 13.8 Å². The van der Waals surface area contributed by atoms with Crippen molar-refractivity contribution in [2.45, 2.75) is 36.7 Å². The van der Waals surface area contributed by atoms with E-state index >= 15 is 0 Å². The van der Waals surface area contributed by atoms with Gasteiger partial charge in [-0.15, -0.1) is 5.10 Å². The Kier molecular flexibility index (Phi) is 6.36. The number of nitrogens with one attached hydrogen (secondary N) is 1. The van der Waals surface area contributed by atoms with Crippen molar-refractivity contribution in [3.8, 4) is 5.88 Å². The highest BCUT2D eigenvalue weighted by molar-refractivity contribution is 7.99. The molecule has 0 unspecified atom stereocenters.